The summed E-state index contributed by atoms with van der Waals surface area (Å²) in [6, 6.07) is 7.87. The van der Waals surface area contributed by atoms with E-state index < -0.39 is 5.97 Å². The summed E-state index contributed by atoms with van der Waals surface area (Å²) in [7, 11) is 0. The van der Waals surface area contributed by atoms with Crippen molar-refractivity contribution in [3.05, 3.63) is 48.4 Å². The molecule has 1 aliphatic heterocycles. The van der Waals surface area contributed by atoms with Crippen LogP contribution in [0.3, 0.4) is 0 Å². The number of rotatable bonds is 5. The van der Waals surface area contributed by atoms with Crippen LogP contribution in [-0.2, 0) is 11.3 Å². The highest BCUT2D eigenvalue weighted by Gasteiger charge is 2.15. The van der Waals surface area contributed by atoms with E-state index in [1.54, 1.807) is 6.20 Å². The maximum absolute atomic E-state index is 11.1. The van der Waals surface area contributed by atoms with Gasteiger partial charge in [0.1, 0.15) is 5.71 Å². The van der Waals surface area contributed by atoms with Crippen LogP contribution in [0.1, 0.15) is 19.4 Å². The first kappa shape index (κ1) is 16.0. The number of hydrogen-bond acceptors (Lipinski definition) is 4. The minimum Gasteiger partial charge on any atom is -0.477 e. The molecule has 0 bridgehead atoms. The first-order chi connectivity index (χ1) is 11.5. The van der Waals surface area contributed by atoms with E-state index in [-0.39, 0.29) is 12.3 Å². The van der Waals surface area contributed by atoms with Crippen molar-refractivity contribution in [1.29, 1.82) is 0 Å². The lowest BCUT2D eigenvalue weighted by molar-refractivity contribution is -0.129. The smallest absolute Gasteiger partial charge is 0.352 e. The summed E-state index contributed by atoms with van der Waals surface area (Å²) in [6.07, 6.45) is 5.62. The Morgan fingerprint density at radius 3 is 2.88 bits per heavy atom. The highest BCUT2D eigenvalue weighted by molar-refractivity contribution is 6.37. The summed E-state index contributed by atoms with van der Waals surface area (Å²) in [4.78, 5) is 15.3. The van der Waals surface area contributed by atoms with E-state index >= 15 is 0 Å². The van der Waals surface area contributed by atoms with E-state index in [4.69, 9.17) is 5.11 Å². The third kappa shape index (κ3) is 3.53. The summed E-state index contributed by atoms with van der Waals surface area (Å²) in [5, 5.41) is 16.5. The molecule has 0 radical (unpaired) electrons. The summed E-state index contributed by atoms with van der Waals surface area (Å²) in [5.74, 6) is -0.467. The number of nitrogens with zero attached hydrogens (tertiary/aromatic N) is 3. The third-order valence-electron chi connectivity index (χ3n) is 3.69. The Morgan fingerprint density at radius 1 is 1.33 bits per heavy atom. The number of aromatic nitrogens is 2. The van der Waals surface area contributed by atoms with E-state index in [1.807, 2.05) is 41.3 Å². The lowest BCUT2D eigenvalue weighted by atomic mass is 10.0. The van der Waals surface area contributed by atoms with Gasteiger partial charge in [-0.05, 0) is 17.5 Å². The SMILES string of the molecule is CC(C)Cn1cc(-c2cccc(C3=CNCC(C(=O)O)=N3)c2)cn1. The Bertz CT molecular complexity index is 818. The molecule has 0 amide bonds. The molecule has 0 saturated carbocycles. The fourth-order valence-electron chi connectivity index (χ4n) is 2.58. The topological polar surface area (TPSA) is 79.5 Å². The molecule has 1 aromatic heterocycles. The van der Waals surface area contributed by atoms with Crippen LogP contribution in [-0.4, -0.2) is 33.1 Å². The third-order valence-corrected chi connectivity index (χ3v) is 3.69. The Morgan fingerprint density at radius 2 is 2.12 bits per heavy atom. The molecule has 3 rings (SSSR count). The lowest BCUT2D eigenvalue weighted by Crippen LogP contribution is -2.28. The number of hydrogen-bond donors (Lipinski definition) is 2. The van der Waals surface area contributed by atoms with Crippen molar-refractivity contribution < 1.29 is 9.90 Å². The van der Waals surface area contributed by atoms with Crippen LogP contribution in [0.4, 0.5) is 0 Å². The normalized spacial score (nSPS) is 14.1. The molecule has 6 nitrogen and oxygen atoms in total. The zero-order valence-electron chi connectivity index (χ0n) is 13.7. The van der Waals surface area contributed by atoms with E-state index in [0.717, 1.165) is 23.2 Å². The molecule has 2 N–H and O–H groups in total. The van der Waals surface area contributed by atoms with Gasteiger partial charge in [-0.1, -0.05) is 32.0 Å². The van der Waals surface area contributed by atoms with Crippen molar-refractivity contribution in [3.63, 3.8) is 0 Å². The van der Waals surface area contributed by atoms with Crippen LogP contribution in [0.25, 0.3) is 16.8 Å². The summed E-state index contributed by atoms with van der Waals surface area (Å²) < 4.78 is 1.94. The van der Waals surface area contributed by atoms with Gasteiger partial charge in [0.15, 0.2) is 0 Å². The maximum Gasteiger partial charge on any atom is 0.352 e. The molecule has 0 atom stereocenters. The molecule has 0 aliphatic carbocycles. The first-order valence-electron chi connectivity index (χ1n) is 7.90. The maximum atomic E-state index is 11.1. The molecule has 0 saturated heterocycles. The second-order valence-corrected chi connectivity index (χ2v) is 6.20. The predicted octanol–water partition coefficient (Wildman–Crippen LogP) is 2.63. The number of carboxylic acids is 1. The molecule has 2 heterocycles. The second-order valence-electron chi connectivity index (χ2n) is 6.20. The Balaban J connectivity index is 1.88. The zero-order chi connectivity index (χ0) is 17.1. The first-order valence-corrected chi connectivity index (χ1v) is 7.90. The Hall–Kier alpha value is -2.89. The van der Waals surface area contributed by atoms with Crippen LogP contribution in [0.5, 0.6) is 0 Å². The average Bonchev–Trinajstić information content (AvgIpc) is 3.03. The van der Waals surface area contributed by atoms with E-state index in [2.05, 4.69) is 29.3 Å². The molecule has 6 heteroatoms. The standard InChI is InChI=1S/C18H20N4O2/c1-12(2)10-22-11-15(7-20-22)13-4-3-5-14(6-13)16-8-19-9-17(21-16)18(23)24/h3-8,11-12,19H,9-10H2,1-2H3,(H,23,24). The van der Waals surface area contributed by atoms with Gasteiger partial charge in [0, 0.05) is 30.1 Å². The van der Waals surface area contributed by atoms with Crippen LogP contribution in [0, 0.1) is 5.92 Å². The molecular formula is C18H20N4O2. The molecule has 124 valence electrons. The molecule has 0 spiro atoms. The van der Waals surface area contributed by atoms with Crippen LogP contribution in [0.15, 0.2) is 47.9 Å². The number of aliphatic carboxylic acids is 1. The van der Waals surface area contributed by atoms with Gasteiger partial charge in [0.25, 0.3) is 0 Å². The van der Waals surface area contributed by atoms with Crippen molar-refractivity contribution in [2.24, 2.45) is 10.9 Å². The van der Waals surface area contributed by atoms with Gasteiger partial charge in [-0.15, -0.1) is 0 Å². The molecule has 1 aliphatic rings. The Kier molecular flexibility index (Phi) is 4.46. The summed E-state index contributed by atoms with van der Waals surface area (Å²) in [5.41, 5.74) is 3.66. The summed E-state index contributed by atoms with van der Waals surface area (Å²) in [6.45, 7) is 5.42. The van der Waals surface area contributed by atoms with Crippen molar-refractivity contribution in [1.82, 2.24) is 15.1 Å². The fraction of sp³-hybridized carbons (Fsp3) is 0.278. The molecule has 0 fully saturated rings. The van der Waals surface area contributed by atoms with Gasteiger partial charge in [-0.2, -0.15) is 5.10 Å². The minimum atomic E-state index is -1.00. The largest absolute Gasteiger partial charge is 0.477 e. The molecule has 2 aromatic rings. The number of aliphatic imine (C=N–C) groups is 1. The highest BCUT2D eigenvalue weighted by Crippen LogP contribution is 2.25. The van der Waals surface area contributed by atoms with E-state index in [0.29, 0.717) is 11.6 Å². The lowest BCUT2D eigenvalue weighted by Gasteiger charge is -2.12. The average molecular weight is 324 g/mol. The van der Waals surface area contributed by atoms with Gasteiger partial charge in [0.05, 0.1) is 18.4 Å². The number of carboxylic acid groups (broad SMARTS) is 1. The highest BCUT2D eigenvalue weighted by atomic mass is 16.4. The number of benzene rings is 1. The van der Waals surface area contributed by atoms with Gasteiger partial charge < -0.3 is 10.4 Å². The minimum absolute atomic E-state index is 0.114. The number of nitrogens with one attached hydrogen (secondary N) is 1. The summed E-state index contributed by atoms with van der Waals surface area (Å²) >= 11 is 0. The van der Waals surface area contributed by atoms with Crippen LogP contribution < -0.4 is 5.32 Å². The van der Waals surface area contributed by atoms with Crippen molar-refractivity contribution >= 4 is 17.4 Å². The van der Waals surface area contributed by atoms with Crippen molar-refractivity contribution in [2.45, 2.75) is 20.4 Å². The number of carbonyl (C=O) groups is 1. The van der Waals surface area contributed by atoms with Crippen molar-refractivity contribution in [3.8, 4) is 11.1 Å². The molecular weight excluding hydrogens is 304 g/mol. The molecule has 0 unspecified atom stereocenters. The zero-order valence-corrected chi connectivity index (χ0v) is 13.7. The van der Waals surface area contributed by atoms with Gasteiger partial charge in [-0.25, -0.2) is 9.79 Å². The van der Waals surface area contributed by atoms with E-state index in [9.17, 15) is 4.79 Å². The van der Waals surface area contributed by atoms with Gasteiger partial charge in [0.2, 0.25) is 0 Å². The van der Waals surface area contributed by atoms with Crippen LogP contribution in [0.2, 0.25) is 0 Å². The predicted molar refractivity (Wildman–Crippen MR) is 93.6 cm³/mol. The fourth-order valence-corrected chi connectivity index (χ4v) is 2.58. The molecule has 1 aromatic carbocycles. The van der Waals surface area contributed by atoms with Gasteiger partial charge in [-0.3, -0.25) is 4.68 Å². The van der Waals surface area contributed by atoms with Crippen molar-refractivity contribution in [2.75, 3.05) is 6.54 Å². The van der Waals surface area contributed by atoms with Crippen LogP contribution >= 0.6 is 0 Å². The van der Waals surface area contributed by atoms with Gasteiger partial charge >= 0.3 is 5.97 Å². The van der Waals surface area contributed by atoms with E-state index in [1.165, 1.54) is 0 Å². The quantitative estimate of drug-likeness (QED) is 0.886. The second kappa shape index (κ2) is 6.70. The Labute approximate surface area is 140 Å². The molecule has 24 heavy (non-hydrogen) atoms. The monoisotopic (exact) mass is 324 g/mol.